The van der Waals surface area contributed by atoms with Crippen molar-refractivity contribution in [1.29, 1.82) is 5.41 Å². The Labute approximate surface area is 185 Å². The third kappa shape index (κ3) is 5.34. The molecule has 0 heterocycles. The topological polar surface area (TPSA) is 109 Å². The summed E-state index contributed by atoms with van der Waals surface area (Å²) in [7, 11) is 2.85. The number of carbonyl (C=O) groups excluding carboxylic acids is 1. The first kappa shape index (κ1) is 22.6. The fourth-order valence-electron chi connectivity index (χ4n) is 3.18. The summed E-state index contributed by atoms with van der Waals surface area (Å²) in [5.41, 5.74) is 7.62. The van der Waals surface area contributed by atoms with E-state index in [1.165, 1.54) is 26.4 Å². The van der Waals surface area contributed by atoms with Crippen molar-refractivity contribution >= 4 is 17.4 Å². The lowest BCUT2D eigenvalue weighted by Crippen LogP contribution is -2.33. The lowest BCUT2D eigenvalue weighted by molar-refractivity contribution is -0.122. The van der Waals surface area contributed by atoms with Gasteiger partial charge in [-0.3, -0.25) is 10.2 Å². The molecule has 0 spiro atoms. The minimum absolute atomic E-state index is 0.0698. The molecule has 0 saturated carbocycles. The van der Waals surface area contributed by atoms with Crippen LogP contribution in [0.4, 0.5) is 10.1 Å². The van der Waals surface area contributed by atoms with Crippen LogP contribution in [0.3, 0.4) is 0 Å². The number of hydrogen-bond donors (Lipinski definition) is 4. The number of nitrogen functional groups attached to an aromatic ring is 1. The van der Waals surface area contributed by atoms with Crippen LogP contribution in [0.5, 0.6) is 11.5 Å². The largest absolute Gasteiger partial charge is 0.493 e. The second-order valence-corrected chi connectivity index (χ2v) is 7.00. The molecule has 0 radical (unpaired) electrons. The van der Waals surface area contributed by atoms with Crippen molar-refractivity contribution < 1.29 is 18.7 Å². The summed E-state index contributed by atoms with van der Waals surface area (Å²) in [4.78, 5) is 13.1. The molecule has 0 bridgehead atoms. The van der Waals surface area contributed by atoms with E-state index in [0.29, 0.717) is 17.0 Å². The number of rotatable bonds is 9. The third-order valence-electron chi connectivity index (χ3n) is 4.89. The number of benzene rings is 3. The predicted octanol–water partition coefficient (Wildman–Crippen LogP) is 3.60. The van der Waals surface area contributed by atoms with E-state index in [4.69, 9.17) is 20.6 Å². The first-order valence-corrected chi connectivity index (χ1v) is 9.87. The molecule has 8 heteroatoms. The molecule has 3 aromatic rings. The van der Waals surface area contributed by atoms with Crippen molar-refractivity contribution in [2.24, 2.45) is 5.73 Å². The average molecular weight is 436 g/mol. The van der Waals surface area contributed by atoms with Crippen molar-refractivity contribution in [2.45, 2.75) is 12.6 Å². The van der Waals surface area contributed by atoms with Crippen LogP contribution >= 0.6 is 0 Å². The van der Waals surface area contributed by atoms with Gasteiger partial charge in [-0.1, -0.05) is 30.3 Å². The Hall–Kier alpha value is -4.07. The Bertz CT molecular complexity index is 1090. The van der Waals surface area contributed by atoms with E-state index in [0.717, 1.165) is 5.56 Å². The monoisotopic (exact) mass is 436 g/mol. The Balaban J connectivity index is 1.93. The summed E-state index contributed by atoms with van der Waals surface area (Å²) in [6, 6.07) is 17.6. The van der Waals surface area contributed by atoms with Crippen molar-refractivity contribution in [1.82, 2.24) is 5.32 Å². The molecule has 32 heavy (non-hydrogen) atoms. The van der Waals surface area contributed by atoms with Crippen molar-refractivity contribution in [3.8, 4) is 11.5 Å². The minimum Gasteiger partial charge on any atom is -0.493 e. The third-order valence-corrected chi connectivity index (χ3v) is 4.89. The van der Waals surface area contributed by atoms with E-state index in [1.807, 2.05) is 30.3 Å². The molecule has 1 unspecified atom stereocenters. The number of methoxy groups -OCH3 is 2. The summed E-state index contributed by atoms with van der Waals surface area (Å²) >= 11 is 0. The molecule has 0 fully saturated rings. The lowest BCUT2D eigenvalue weighted by atomic mass is 10.0. The van der Waals surface area contributed by atoms with Crippen LogP contribution in [0, 0.1) is 11.2 Å². The van der Waals surface area contributed by atoms with Gasteiger partial charge in [0.1, 0.15) is 17.7 Å². The molecule has 0 aromatic heterocycles. The first-order valence-electron chi connectivity index (χ1n) is 9.87. The molecule has 1 amide bonds. The maximum absolute atomic E-state index is 15.0. The molecule has 3 aromatic carbocycles. The highest BCUT2D eigenvalue weighted by Gasteiger charge is 2.26. The number of ether oxygens (including phenoxy) is 2. The number of amidine groups is 1. The van der Waals surface area contributed by atoms with E-state index < -0.39 is 17.8 Å². The number of nitrogens with one attached hydrogen (secondary N) is 3. The zero-order valence-electron chi connectivity index (χ0n) is 17.8. The van der Waals surface area contributed by atoms with Gasteiger partial charge in [-0.25, -0.2) is 4.39 Å². The second kappa shape index (κ2) is 10.3. The van der Waals surface area contributed by atoms with Crippen LogP contribution in [-0.2, 0) is 11.3 Å². The molecule has 7 nitrogen and oxygen atoms in total. The van der Waals surface area contributed by atoms with Crippen LogP contribution in [0.1, 0.15) is 22.7 Å². The Morgan fingerprint density at radius 3 is 2.25 bits per heavy atom. The van der Waals surface area contributed by atoms with Gasteiger partial charge < -0.3 is 25.8 Å². The fraction of sp³-hybridized carbons (Fsp3) is 0.167. The minimum atomic E-state index is -1.05. The van der Waals surface area contributed by atoms with Crippen LogP contribution in [0.25, 0.3) is 0 Å². The smallest absolute Gasteiger partial charge is 0.247 e. The van der Waals surface area contributed by atoms with Crippen LogP contribution < -0.4 is 25.8 Å². The Kier molecular flexibility index (Phi) is 7.28. The fourth-order valence-corrected chi connectivity index (χ4v) is 3.18. The van der Waals surface area contributed by atoms with E-state index in [9.17, 15) is 9.18 Å². The predicted molar refractivity (Wildman–Crippen MR) is 122 cm³/mol. The van der Waals surface area contributed by atoms with Gasteiger partial charge in [-0.05, 0) is 35.9 Å². The number of amides is 1. The molecule has 0 aliphatic rings. The van der Waals surface area contributed by atoms with Gasteiger partial charge in [0.15, 0.2) is 11.5 Å². The number of anilines is 1. The van der Waals surface area contributed by atoms with Crippen molar-refractivity contribution in [3.05, 3.63) is 89.2 Å². The zero-order chi connectivity index (χ0) is 23.1. The van der Waals surface area contributed by atoms with Gasteiger partial charge >= 0.3 is 0 Å². The number of carbonyl (C=O) groups is 1. The summed E-state index contributed by atoms with van der Waals surface area (Å²) in [5, 5.41) is 13.4. The summed E-state index contributed by atoms with van der Waals surface area (Å²) in [6.07, 6.45) is 0. The molecule has 0 aliphatic heterocycles. The van der Waals surface area contributed by atoms with Crippen LogP contribution in [0.15, 0.2) is 66.7 Å². The molecule has 0 saturated heterocycles. The zero-order valence-corrected chi connectivity index (χ0v) is 17.8. The van der Waals surface area contributed by atoms with Gasteiger partial charge in [0.2, 0.25) is 5.91 Å². The number of nitrogens with two attached hydrogens (primary N) is 1. The molecule has 3 rings (SSSR count). The van der Waals surface area contributed by atoms with Gasteiger partial charge in [0.25, 0.3) is 0 Å². The van der Waals surface area contributed by atoms with Gasteiger partial charge in [-0.15, -0.1) is 0 Å². The standard InChI is InChI=1S/C24H25FN4O3/c1-31-20-12-18(19(25)13-21(20)32-2)22(24(30)28-14-15-6-4-3-5-7-15)29-17-10-8-16(9-11-17)23(26)27/h3-13,22,29H,14H2,1-2H3,(H3,26,27)(H,28,30). The van der Waals surface area contributed by atoms with E-state index in [1.54, 1.807) is 24.3 Å². The quantitative estimate of drug-likeness (QED) is 0.303. The Morgan fingerprint density at radius 2 is 1.66 bits per heavy atom. The average Bonchev–Trinajstić information content (AvgIpc) is 2.82. The van der Waals surface area contributed by atoms with Gasteiger partial charge in [0.05, 0.1) is 14.2 Å². The molecule has 5 N–H and O–H groups in total. The normalized spacial score (nSPS) is 11.3. The van der Waals surface area contributed by atoms with Crippen LogP contribution in [0.2, 0.25) is 0 Å². The molecular weight excluding hydrogens is 411 g/mol. The number of halogens is 1. The van der Waals surface area contributed by atoms with E-state index in [-0.39, 0.29) is 23.7 Å². The van der Waals surface area contributed by atoms with Crippen LogP contribution in [-0.4, -0.2) is 26.0 Å². The summed E-state index contributed by atoms with van der Waals surface area (Å²) < 4.78 is 25.4. The van der Waals surface area contributed by atoms with Crippen molar-refractivity contribution in [2.75, 3.05) is 19.5 Å². The Morgan fingerprint density at radius 1 is 1.03 bits per heavy atom. The molecular formula is C24H25FN4O3. The summed E-state index contributed by atoms with van der Waals surface area (Å²) in [6.45, 7) is 0.288. The summed E-state index contributed by atoms with van der Waals surface area (Å²) in [5.74, 6) is -0.577. The highest BCUT2D eigenvalue weighted by molar-refractivity contribution is 5.95. The van der Waals surface area contributed by atoms with Crippen molar-refractivity contribution in [3.63, 3.8) is 0 Å². The maximum atomic E-state index is 15.0. The highest BCUT2D eigenvalue weighted by atomic mass is 19.1. The van der Waals surface area contributed by atoms with Gasteiger partial charge in [-0.2, -0.15) is 0 Å². The highest BCUT2D eigenvalue weighted by Crippen LogP contribution is 2.34. The molecule has 0 aliphatic carbocycles. The molecule has 166 valence electrons. The molecule has 1 atom stereocenters. The maximum Gasteiger partial charge on any atom is 0.247 e. The lowest BCUT2D eigenvalue weighted by Gasteiger charge is -2.22. The SMILES string of the molecule is COc1cc(F)c(C(Nc2ccc(C(=N)N)cc2)C(=O)NCc2ccccc2)cc1OC. The second-order valence-electron chi connectivity index (χ2n) is 7.00. The van der Waals surface area contributed by atoms with Gasteiger partial charge in [0, 0.05) is 29.4 Å². The first-order chi connectivity index (χ1) is 15.4. The number of hydrogen-bond acceptors (Lipinski definition) is 5. The van der Waals surface area contributed by atoms with E-state index >= 15 is 0 Å². The van der Waals surface area contributed by atoms with E-state index in [2.05, 4.69) is 10.6 Å².